The average Bonchev–Trinajstić information content (AvgIpc) is 3.17. The molecular weight excluding hydrogens is 288 g/mol. The summed E-state index contributed by atoms with van der Waals surface area (Å²) in [7, 11) is 0. The van der Waals surface area contributed by atoms with Crippen molar-refractivity contribution in [3.63, 3.8) is 0 Å². The molecule has 23 heavy (non-hydrogen) atoms. The molecule has 5 nitrogen and oxygen atoms in total. The van der Waals surface area contributed by atoms with Crippen molar-refractivity contribution in [1.82, 2.24) is 14.7 Å². The molecule has 0 N–H and O–H groups in total. The molecule has 1 aliphatic rings. The molecular formula is C18H20N4O. The number of aryl methyl sites for hydroxylation is 1. The van der Waals surface area contributed by atoms with Gasteiger partial charge >= 0.3 is 0 Å². The van der Waals surface area contributed by atoms with Gasteiger partial charge in [-0.1, -0.05) is 12.1 Å². The first-order valence-electron chi connectivity index (χ1n) is 7.93. The molecule has 0 bridgehead atoms. The van der Waals surface area contributed by atoms with E-state index in [-0.39, 0.29) is 11.9 Å². The van der Waals surface area contributed by atoms with Crippen LogP contribution in [0.4, 0.5) is 0 Å². The van der Waals surface area contributed by atoms with Crippen molar-refractivity contribution in [2.24, 2.45) is 0 Å². The summed E-state index contributed by atoms with van der Waals surface area (Å²) in [6.07, 6.45) is 6.20. The molecule has 0 saturated carbocycles. The van der Waals surface area contributed by atoms with E-state index in [1.165, 1.54) is 0 Å². The summed E-state index contributed by atoms with van der Waals surface area (Å²) in [6, 6.07) is 9.70. The fourth-order valence-electron chi connectivity index (χ4n) is 3.15. The van der Waals surface area contributed by atoms with Crippen LogP contribution in [0.3, 0.4) is 0 Å². The molecule has 5 heteroatoms. The molecule has 0 spiro atoms. The number of carbonyl (C=O) groups excluding carboxylic acids is 1. The van der Waals surface area contributed by atoms with Gasteiger partial charge in [0.05, 0.1) is 31.3 Å². The Morgan fingerprint density at radius 2 is 2.35 bits per heavy atom. The second kappa shape index (κ2) is 6.66. The molecule has 2 heterocycles. The van der Waals surface area contributed by atoms with Crippen LogP contribution < -0.4 is 0 Å². The van der Waals surface area contributed by atoms with Crippen LogP contribution in [0.25, 0.3) is 0 Å². The third-order valence-electron chi connectivity index (χ3n) is 4.26. The van der Waals surface area contributed by atoms with Gasteiger partial charge in [0.15, 0.2) is 0 Å². The molecule has 3 rings (SSSR count). The Hall–Kier alpha value is -2.61. The number of likely N-dealkylation sites (tertiary alicyclic amines) is 1. The Labute approximate surface area is 136 Å². The fraction of sp³-hybridized carbons (Fsp3) is 0.389. The minimum atomic E-state index is 0.0520. The number of carbonyl (C=O) groups is 1. The van der Waals surface area contributed by atoms with Gasteiger partial charge in [0.25, 0.3) is 5.91 Å². The van der Waals surface area contributed by atoms with Crippen LogP contribution in [-0.2, 0) is 13.0 Å². The highest BCUT2D eigenvalue weighted by Gasteiger charge is 2.29. The normalized spacial score (nSPS) is 17.2. The van der Waals surface area contributed by atoms with E-state index in [2.05, 4.69) is 11.2 Å². The molecule has 0 aliphatic carbocycles. The average molecular weight is 308 g/mol. The Balaban J connectivity index is 1.75. The van der Waals surface area contributed by atoms with E-state index >= 15 is 0 Å². The maximum Gasteiger partial charge on any atom is 0.254 e. The maximum absolute atomic E-state index is 12.8. The minimum absolute atomic E-state index is 0.0520. The third-order valence-corrected chi connectivity index (χ3v) is 4.26. The predicted octanol–water partition coefficient (Wildman–Crippen LogP) is 2.56. The third kappa shape index (κ3) is 3.42. The summed E-state index contributed by atoms with van der Waals surface area (Å²) in [6.45, 7) is 3.53. The molecule has 1 aromatic carbocycles. The van der Waals surface area contributed by atoms with Crippen molar-refractivity contribution in [2.45, 2.75) is 38.8 Å². The predicted molar refractivity (Wildman–Crippen MR) is 86.8 cm³/mol. The zero-order chi connectivity index (χ0) is 16.2. The van der Waals surface area contributed by atoms with Gasteiger partial charge in [0, 0.05) is 18.3 Å². The summed E-state index contributed by atoms with van der Waals surface area (Å²) in [5.41, 5.74) is 2.68. The SMILES string of the molecule is Cc1cnn(C[C@@H]2CCCN2C(=O)c2cccc(CC#N)c2)c1. The second-order valence-electron chi connectivity index (χ2n) is 6.07. The molecule has 1 fully saturated rings. The lowest BCUT2D eigenvalue weighted by Gasteiger charge is -2.25. The highest BCUT2D eigenvalue weighted by atomic mass is 16.2. The molecule has 2 aromatic rings. The topological polar surface area (TPSA) is 61.9 Å². The van der Waals surface area contributed by atoms with Gasteiger partial charge < -0.3 is 4.90 Å². The Bertz CT molecular complexity index is 743. The van der Waals surface area contributed by atoms with Crippen LogP contribution in [0.5, 0.6) is 0 Å². The van der Waals surface area contributed by atoms with E-state index < -0.39 is 0 Å². The Morgan fingerprint density at radius 1 is 1.48 bits per heavy atom. The van der Waals surface area contributed by atoms with E-state index in [1.54, 1.807) is 0 Å². The summed E-state index contributed by atoms with van der Waals surface area (Å²) < 4.78 is 1.91. The van der Waals surface area contributed by atoms with Crippen LogP contribution in [0.15, 0.2) is 36.7 Å². The van der Waals surface area contributed by atoms with Gasteiger partial charge in [0.1, 0.15) is 0 Å². The molecule has 0 unspecified atom stereocenters. The van der Waals surface area contributed by atoms with Gasteiger partial charge in [0.2, 0.25) is 0 Å². The second-order valence-corrected chi connectivity index (χ2v) is 6.07. The molecule has 0 radical (unpaired) electrons. The van der Waals surface area contributed by atoms with E-state index in [4.69, 9.17) is 5.26 Å². The lowest BCUT2D eigenvalue weighted by Crippen LogP contribution is -2.38. The molecule has 1 amide bonds. The van der Waals surface area contributed by atoms with Crippen molar-refractivity contribution >= 4 is 5.91 Å². The first kappa shape index (κ1) is 15.3. The maximum atomic E-state index is 12.8. The van der Waals surface area contributed by atoms with Crippen LogP contribution in [0.1, 0.15) is 34.3 Å². The van der Waals surface area contributed by atoms with E-state index in [0.29, 0.717) is 12.0 Å². The fourth-order valence-corrected chi connectivity index (χ4v) is 3.15. The summed E-state index contributed by atoms with van der Waals surface area (Å²) in [5, 5.41) is 13.1. The number of hydrogen-bond acceptors (Lipinski definition) is 3. The van der Waals surface area contributed by atoms with Gasteiger partial charge in [-0.2, -0.15) is 10.4 Å². The lowest BCUT2D eigenvalue weighted by atomic mass is 10.1. The highest BCUT2D eigenvalue weighted by Crippen LogP contribution is 2.22. The molecule has 1 aromatic heterocycles. The quantitative estimate of drug-likeness (QED) is 0.872. The van der Waals surface area contributed by atoms with Crippen molar-refractivity contribution in [3.05, 3.63) is 53.3 Å². The first-order valence-corrected chi connectivity index (χ1v) is 7.93. The van der Waals surface area contributed by atoms with Crippen molar-refractivity contribution in [2.75, 3.05) is 6.54 Å². The number of rotatable bonds is 4. The molecule has 118 valence electrons. The summed E-state index contributed by atoms with van der Waals surface area (Å²) in [4.78, 5) is 14.8. The number of hydrogen-bond donors (Lipinski definition) is 0. The first-order chi connectivity index (χ1) is 11.2. The van der Waals surface area contributed by atoms with Crippen molar-refractivity contribution in [3.8, 4) is 6.07 Å². The van der Waals surface area contributed by atoms with E-state index in [0.717, 1.165) is 37.1 Å². The summed E-state index contributed by atoms with van der Waals surface area (Å²) in [5.74, 6) is 0.0520. The van der Waals surface area contributed by atoms with Gasteiger partial charge in [-0.05, 0) is 43.0 Å². The Kier molecular flexibility index (Phi) is 4.42. The van der Waals surface area contributed by atoms with Crippen LogP contribution in [0.2, 0.25) is 0 Å². The lowest BCUT2D eigenvalue weighted by molar-refractivity contribution is 0.0721. The highest BCUT2D eigenvalue weighted by molar-refractivity contribution is 5.94. The molecule has 1 aliphatic heterocycles. The molecule has 1 saturated heterocycles. The smallest absolute Gasteiger partial charge is 0.254 e. The zero-order valence-electron chi connectivity index (χ0n) is 13.3. The van der Waals surface area contributed by atoms with E-state index in [9.17, 15) is 4.79 Å². The van der Waals surface area contributed by atoms with E-state index in [1.807, 2.05) is 53.2 Å². The van der Waals surface area contributed by atoms with Crippen LogP contribution >= 0.6 is 0 Å². The summed E-state index contributed by atoms with van der Waals surface area (Å²) >= 11 is 0. The number of benzene rings is 1. The monoisotopic (exact) mass is 308 g/mol. The Morgan fingerprint density at radius 3 is 3.09 bits per heavy atom. The van der Waals surface area contributed by atoms with Crippen molar-refractivity contribution < 1.29 is 4.79 Å². The molecule has 1 atom stereocenters. The number of nitriles is 1. The van der Waals surface area contributed by atoms with Gasteiger partial charge in [-0.25, -0.2) is 0 Å². The zero-order valence-corrected chi connectivity index (χ0v) is 13.3. The largest absolute Gasteiger partial charge is 0.334 e. The number of amides is 1. The van der Waals surface area contributed by atoms with Crippen LogP contribution in [-0.4, -0.2) is 33.2 Å². The number of aromatic nitrogens is 2. The van der Waals surface area contributed by atoms with Gasteiger partial charge in [-0.3, -0.25) is 9.48 Å². The standard InChI is InChI=1S/C18H20N4O/c1-14-11-20-21(12-14)13-17-6-3-9-22(17)18(23)16-5-2-4-15(10-16)7-8-19/h2,4-5,10-12,17H,3,6-7,9,13H2,1H3/t17-/m0/s1. The van der Waals surface area contributed by atoms with Crippen molar-refractivity contribution in [1.29, 1.82) is 5.26 Å². The number of nitrogens with zero attached hydrogens (tertiary/aromatic N) is 4. The van der Waals surface area contributed by atoms with Crippen LogP contribution in [0, 0.1) is 18.3 Å². The van der Waals surface area contributed by atoms with Gasteiger partial charge in [-0.15, -0.1) is 0 Å². The minimum Gasteiger partial charge on any atom is -0.334 e.